The molecule has 1 aliphatic rings. The van der Waals surface area contributed by atoms with E-state index in [1.165, 1.54) is 11.3 Å². The minimum atomic E-state index is 0.305. The SMILES string of the molecule is CN1CCc2c(c(-c3ccc(Cl)cc3)nn2CC#N)C1. The van der Waals surface area contributed by atoms with Crippen LogP contribution in [0.5, 0.6) is 0 Å². The van der Waals surface area contributed by atoms with Crippen molar-refractivity contribution < 1.29 is 0 Å². The fourth-order valence-corrected chi connectivity index (χ4v) is 2.79. The number of aromatic nitrogens is 2. The molecule has 20 heavy (non-hydrogen) atoms. The molecule has 0 radical (unpaired) electrons. The first-order chi connectivity index (χ1) is 9.69. The number of hydrogen-bond donors (Lipinski definition) is 0. The van der Waals surface area contributed by atoms with Gasteiger partial charge in [-0.1, -0.05) is 23.7 Å². The summed E-state index contributed by atoms with van der Waals surface area (Å²) >= 11 is 5.94. The number of likely N-dealkylation sites (N-methyl/N-ethyl adjacent to an activating group) is 1. The van der Waals surface area contributed by atoms with Crippen LogP contribution >= 0.6 is 11.6 Å². The van der Waals surface area contributed by atoms with Gasteiger partial charge in [-0.3, -0.25) is 4.68 Å². The Morgan fingerprint density at radius 2 is 2.10 bits per heavy atom. The van der Waals surface area contributed by atoms with Crippen LogP contribution in [0.15, 0.2) is 24.3 Å². The summed E-state index contributed by atoms with van der Waals surface area (Å²) in [6, 6.07) is 9.90. The van der Waals surface area contributed by atoms with Gasteiger partial charge in [0.25, 0.3) is 0 Å². The van der Waals surface area contributed by atoms with E-state index in [1.807, 2.05) is 28.9 Å². The van der Waals surface area contributed by atoms with Crippen molar-refractivity contribution in [3.05, 3.63) is 40.5 Å². The predicted octanol–water partition coefficient (Wildman–Crippen LogP) is 2.71. The maximum absolute atomic E-state index is 8.95. The highest BCUT2D eigenvalue weighted by atomic mass is 35.5. The highest BCUT2D eigenvalue weighted by Crippen LogP contribution is 2.30. The molecule has 0 unspecified atom stereocenters. The van der Waals surface area contributed by atoms with E-state index >= 15 is 0 Å². The molecule has 5 heteroatoms. The van der Waals surface area contributed by atoms with Crippen molar-refractivity contribution in [1.82, 2.24) is 14.7 Å². The first-order valence-electron chi connectivity index (χ1n) is 6.59. The summed E-state index contributed by atoms with van der Waals surface area (Å²) in [5, 5.41) is 14.3. The average molecular weight is 287 g/mol. The predicted molar refractivity (Wildman–Crippen MR) is 78.3 cm³/mol. The molecule has 4 nitrogen and oxygen atoms in total. The van der Waals surface area contributed by atoms with Crippen LogP contribution in [0.3, 0.4) is 0 Å². The Bertz CT molecular complexity index is 666. The van der Waals surface area contributed by atoms with Gasteiger partial charge >= 0.3 is 0 Å². The number of fused-ring (bicyclic) bond motifs is 1. The molecule has 1 aliphatic heterocycles. The molecule has 0 atom stereocenters. The van der Waals surface area contributed by atoms with Crippen molar-refractivity contribution in [2.24, 2.45) is 0 Å². The minimum Gasteiger partial charge on any atom is -0.302 e. The third-order valence-electron chi connectivity index (χ3n) is 3.66. The summed E-state index contributed by atoms with van der Waals surface area (Å²) in [6.07, 6.45) is 0.939. The standard InChI is InChI=1S/C15H15ClN4/c1-19-8-6-14-13(10-19)15(18-20(14)9-7-17)11-2-4-12(16)5-3-11/h2-5H,6,8-10H2,1H3. The molecule has 1 aromatic carbocycles. The van der Waals surface area contributed by atoms with E-state index in [2.05, 4.69) is 23.1 Å². The van der Waals surface area contributed by atoms with Crippen molar-refractivity contribution in [2.45, 2.75) is 19.5 Å². The fraction of sp³-hybridized carbons (Fsp3) is 0.333. The smallest absolute Gasteiger partial charge is 0.128 e. The van der Waals surface area contributed by atoms with E-state index in [0.29, 0.717) is 6.54 Å². The topological polar surface area (TPSA) is 44.9 Å². The molecule has 0 saturated carbocycles. The summed E-state index contributed by atoms with van der Waals surface area (Å²) in [7, 11) is 2.11. The lowest BCUT2D eigenvalue weighted by Crippen LogP contribution is -2.27. The molecule has 0 aliphatic carbocycles. The molecule has 0 bridgehead atoms. The van der Waals surface area contributed by atoms with Crippen LogP contribution in [0.4, 0.5) is 0 Å². The fourth-order valence-electron chi connectivity index (χ4n) is 2.66. The Morgan fingerprint density at radius 1 is 1.35 bits per heavy atom. The van der Waals surface area contributed by atoms with Gasteiger partial charge in [0.1, 0.15) is 6.54 Å². The number of benzene rings is 1. The Kier molecular flexibility index (Phi) is 3.47. The molecule has 0 N–H and O–H groups in total. The molecule has 3 rings (SSSR count). The van der Waals surface area contributed by atoms with E-state index in [4.69, 9.17) is 16.9 Å². The second kappa shape index (κ2) is 5.28. The van der Waals surface area contributed by atoms with Gasteiger partial charge in [-0.05, 0) is 19.2 Å². The molecule has 102 valence electrons. The van der Waals surface area contributed by atoms with Crippen molar-refractivity contribution >= 4 is 11.6 Å². The largest absolute Gasteiger partial charge is 0.302 e. The maximum Gasteiger partial charge on any atom is 0.128 e. The zero-order chi connectivity index (χ0) is 14.1. The lowest BCUT2D eigenvalue weighted by Gasteiger charge is -2.23. The highest BCUT2D eigenvalue weighted by molar-refractivity contribution is 6.30. The third-order valence-corrected chi connectivity index (χ3v) is 3.91. The van der Waals surface area contributed by atoms with Crippen LogP contribution in [0, 0.1) is 11.3 Å². The number of halogens is 1. The van der Waals surface area contributed by atoms with Gasteiger partial charge in [0.15, 0.2) is 0 Å². The van der Waals surface area contributed by atoms with E-state index in [0.717, 1.165) is 35.8 Å². The molecule has 0 fully saturated rings. The molecule has 0 amide bonds. The number of hydrogen-bond acceptors (Lipinski definition) is 3. The molecule has 0 saturated heterocycles. The zero-order valence-corrected chi connectivity index (χ0v) is 12.1. The number of nitriles is 1. The van der Waals surface area contributed by atoms with Crippen LogP contribution < -0.4 is 0 Å². The highest BCUT2D eigenvalue weighted by Gasteiger charge is 2.23. The van der Waals surface area contributed by atoms with E-state index in [-0.39, 0.29) is 0 Å². The Hall–Kier alpha value is -1.83. The summed E-state index contributed by atoms with van der Waals surface area (Å²) in [5.41, 5.74) is 4.45. The summed E-state index contributed by atoms with van der Waals surface area (Å²) in [4.78, 5) is 2.28. The van der Waals surface area contributed by atoms with Crippen LogP contribution in [0.1, 0.15) is 11.3 Å². The van der Waals surface area contributed by atoms with Gasteiger partial charge in [-0.2, -0.15) is 10.4 Å². The molecule has 2 aromatic rings. The Balaban J connectivity index is 2.11. The van der Waals surface area contributed by atoms with Crippen LogP contribution in [-0.2, 0) is 19.5 Å². The normalized spacial score (nSPS) is 14.8. The molecular weight excluding hydrogens is 272 g/mol. The summed E-state index contributed by atoms with van der Waals surface area (Å²) < 4.78 is 1.84. The van der Waals surface area contributed by atoms with Crippen molar-refractivity contribution in [3.8, 4) is 17.3 Å². The quantitative estimate of drug-likeness (QED) is 0.853. The van der Waals surface area contributed by atoms with Gasteiger partial charge in [0.05, 0.1) is 11.8 Å². The van der Waals surface area contributed by atoms with Gasteiger partial charge < -0.3 is 4.90 Å². The summed E-state index contributed by atoms with van der Waals surface area (Å²) in [5.74, 6) is 0. The lowest BCUT2D eigenvalue weighted by atomic mass is 10.0. The maximum atomic E-state index is 8.95. The lowest BCUT2D eigenvalue weighted by molar-refractivity contribution is 0.308. The molecule has 2 heterocycles. The molecule has 1 aromatic heterocycles. The Labute approximate surface area is 123 Å². The van der Waals surface area contributed by atoms with Gasteiger partial charge in [0, 0.05) is 41.4 Å². The monoisotopic (exact) mass is 286 g/mol. The summed E-state index contributed by atoms with van der Waals surface area (Å²) in [6.45, 7) is 2.18. The average Bonchev–Trinajstić information content (AvgIpc) is 2.78. The number of nitrogens with zero attached hydrogens (tertiary/aromatic N) is 4. The van der Waals surface area contributed by atoms with Crippen LogP contribution in [0.2, 0.25) is 5.02 Å². The van der Waals surface area contributed by atoms with Crippen LogP contribution in [0.25, 0.3) is 11.3 Å². The van der Waals surface area contributed by atoms with Crippen LogP contribution in [-0.4, -0.2) is 28.3 Å². The van der Waals surface area contributed by atoms with E-state index in [9.17, 15) is 0 Å². The molecular formula is C15H15ClN4. The molecule has 0 spiro atoms. The van der Waals surface area contributed by atoms with E-state index in [1.54, 1.807) is 0 Å². The van der Waals surface area contributed by atoms with Crippen molar-refractivity contribution in [3.63, 3.8) is 0 Å². The number of rotatable bonds is 2. The third kappa shape index (κ3) is 2.31. The Morgan fingerprint density at radius 3 is 2.80 bits per heavy atom. The minimum absolute atomic E-state index is 0.305. The first-order valence-corrected chi connectivity index (χ1v) is 6.97. The van der Waals surface area contributed by atoms with Crippen molar-refractivity contribution in [1.29, 1.82) is 5.26 Å². The van der Waals surface area contributed by atoms with Gasteiger partial charge in [-0.25, -0.2) is 0 Å². The van der Waals surface area contributed by atoms with Gasteiger partial charge in [-0.15, -0.1) is 0 Å². The van der Waals surface area contributed by atoms with E-state index < -0.39 is 0 Å². The zero-order valence-electron chi connectivity index (χ0n) is 11.3. The first kappa shape index (κ1) is 13.2. The van der Waals surface area contributed by atoms with Crippen molar-refractivity contribution in [2.75, 3.05) is 13.6 Å². The second-order valence-corrected chi connectivity index (χ2v) is 5.52. The second-order valence-electron chi connectivity index (χ2n) is 5.08. The van der Waals surface area contributed by atoms with Gasteiger partial charge in [0.2, 0.25) is 0 Å².